The van der Waals surface area contributed by atoms with Crippen LogP contribution in [-0.2, 0) is 58.5 Å². The molecule has 2 aromatic rings. The molecule has 0 saturated heterocycles. The lowest BCUT2D eigenvalue weighted by Gasteiger charge is -2.40. The number of ether oxygens (including phenoxy) is 4. The van der Waals surface area contributed by atoms with Gasteiger partial charge < -0.3 is 18.9 Å². The van der Waals surface area contributed by atoms with Gasteiger partial charge in [-0.15, -0.1) is 0 Å². The highest BCUT2D eigenvalue weighted by Crippen LogP contribution is 2.56. The Hall–Kier alpha value is -4.90. The Bertz CT molecular complexity index is 1430. The van der Waals surface area contributed by atoms with Crippen molar-refractivity contribution in [3.63, 3.8) is 0 Å². The molecular formula is C32H30F8O10. The van der Waals surface area contributed by atoms with Crippen LogP contribution in [0.2, 0.25) is 0 Å². The minimum Gasteiger partial charge on any atom is -0.465 e. The van der Waals surface area contributed by atoms with Gasteiger partial charge in [-0.25, -0.2) is 19.2 Å². The first-order valence-electron chi connectivity index (χ1n) is 14.6. The number of esters is 4. The first-order valence-corrected chi connectivity index (χ1v) is 14.6. The lowest BCUT2D eigenvalue weighted by atomic mass is 9.70. The van der Waals surface area contributed by atoms with Crippen LogP contribution in [0.5, 0.6) is 0 Å². The number of alkyl halides is 8. The van der Waals surface area contributed by atoms with E-state index in [1.54, 1.807) is 0 Å². The fourth-order valence-electron chi connectivity index (χ4n) is 4.76. The summed E-state index contributed by atoms with van der Waals surface area (Å²) < 4.78 is 144. The average molecular weight is 727 g/mol. The Balaban J connectivity index is 2.98. The number of ketones is 2. The lowest BCUT2D eigenvalue weighted by Crippen LogP contribution is -2.72. The molecule has 2 rings (SSSR count). The van der Waals surface area contributed by atoms with E-state index in [1.165, 1.54) is 0 Å². The maximum atomic E-state index is 15.8. The monoisotopic (exact) mass is 726 g/mol. The standard InChI is InChI=1S/C32H30F8O10/c1-5-47-23(43)27(24(44)48-6-2,19-15-11-9-12-16-19)21(41)29(33,34)31(37,38)32(39,40)30(35,36)22(42)28(25(45)49-7-3,26(46)50-8-4)20-17-13-10-14-18-20/h9-18H,5-8H2,1-4H3. The molecule has 0 atom stereocenters. The van der Waals surface area contributed by atoms with E-state index in [0.29, 0.717) is 24.3 Å². The van der Waals surface area contributed by atoms with Crippen molar-refractivity contribution in [1.82, 2.24) is 0 Å². The Labute approximate surface area is 279 Å². The molecule has 0 aliphatic heterocycles. The second kappa shape index (κ2) is 15.3. The predicted octanol–water partition coefficient (Wildman–Crippen LogP) is 4.79. The van der Waals surface area contributed by atoms with Gasteiger partial charge in [0.05, 0.1) is 26.4 Å². The zero-order valence-electron chi connectivity index (χ0n) is 26.7. The van der Waals surface area contributed by atoms with Gasteiger partial charge in [-0.3, -0.25) is 9.59 Å². The van der Waals surface area contributed by atoms with Crippen LogP contribution >= 0.6 is 0 Å². The number of halogens is 8. The summed E-state index contributed by atoms with van der Waals surface area (Å²) in [5, 5.41) is 0. The summed E-state index contributed by atoms with van der Waals surface area (Å²) in [5.41, 5.74) is -11.0. The summed E-state index contributed by atoms with van der Waals surface area (Å²) in [6, 6.07) is 8.23. The molecule has 0 amide bonds. The molecule has 274 valence electrons. The van der Waals surface area contributed by atoms with Gasteiger partial charge in [0.2, 0.25) is 11.6 Å². The second-order valence-electron chi connectivity index (χ2n) is 10.1. The summed E-state index contributed by atoms with van der Waals surface area (Å²) in [6.07, 6.45) is 0. The van der Waals surface area contributed by atoms with E-state index in [9.17, 15) is 28.8 Å². The van der Waals surface area contributed by atoms with Gasteiger partial charge in [-0.2, -0.15) is 35.1 Å². The number of carbonyl (C=O) groups excluding carboxylic acids is 6. The fraction of sp³-hybridized carbons (Fsp3) is 0.438. The summed E-state index contributed by atoms with van der Waals surface area (Å²) in [7, 11) is 0. The van der Waals surface area contributed by atoms with Crippen molar-refractivity contribution >= 4 is 35.4 Å². The van der Waals surface area contributed by atoms with Crippen molar-refractivity contribution in [2.24, 2.45) is 0 Å². The Morgan fingerprint density at radius 3 is 0.860 bits per heavy atom. The molecule has 0 aliphatic rings. The number of benzene rings is 2. The van der Waals surface area contributed by atoms with Crippen molar-refractivity contribution < 1.29 is 82.8 Å². The second-order valence-corrected chi connectivity index (χ2v) is 10.1. The highest BCUT2D eigenvalue weighted by molar-refractivity contribution is 6.29. The van der Waals surface area contributed by atoms with Crippen molar-refractivity contribution in [2.45, 2.75) is 62.2 Å². The highest BCUT2D eigenvalue weighted by Gasteiger charge is 2.88. The molecule has 0 fully saturated rings. The van der Waals surface area contributed by atoms with Gasteiger partial charge >= 0.3 is 47.6 Å². The molecule has 0 unspecified atom stereocenters. The molecule has 0 spiro atoms. The van der Waals surface area contributed by atoms with Gasteiger partial charge in [0, 0.05) is 0 Å². The van der Waals surface area contributed by atoms with Crippen LogP contribution in [0, 0.1) is 0 Å². The molecule has 0 heterocycles. The zero-order valence-corrected chi connectivity index (χ0v) is 26.7. The number of Topliss-reactive ketones (excluding diaryl/α,β-unsaturated/α-hetero) is 2. The molecule has 0 bridgehead atoms. The molecular weight excluding hydrogens is 696 g/mol. The summed E-state index contributed by atoms with van der Waals surface area (Å²) >= 11 is 0. The quantitative estimate of drug-likeness (QED) is 0.0968. The topological polar surface area (TPSA) is 139 Å². The van der Waals surface area contributed by atoms with E-state index in [1.807, 2.05) is 0 Å². The van der Waals surface area contributed by atoms with Crippen LogP contribution < -0.4 is 0 Å². The van der Waals surface area contributed by atoms with Gasteiger partial charge in [-0.1, -0.05) is 60.7 Å². The molecule has 18 heteroatoms. The van der Waals surface area contributed by atoms with Gasteiger partial charge in [0.15, 0.2) is 0 Å². The van der Waals surface area contributed by atoms with Crippen molar-refractivity contribution in [1.29, 1.82) is 0 Å². The van der Waals surface area contributed by atoms with Crippen molar-refractivity contribution in [2.75, 3.05) is 26.4 Å². The van der Waals surface area contributed by atoms with E-state index in [0.717, 1.165) is 64.1 Å². The van der Waals surface area contributed by atoms with Gasteiger partial charge in [-0.05, 0) is 38.8 Å². The van der Waals surface area contributed by atoms with Crippen LogP contribution in [0.15, 0.2) is 60.7 Å². The van der Waals surface area contributed by atoms with Crippen LogP contribution in [0.4, 0.5) is 35.1 Å². The maximum Gasteiger partial charge on any atom is 0.386 e. The zero-order chi connectivity index (χ0) is 38.3. The molecule has 0 aromatic heterocycles. The normalized spacial score (nSPS) is 12.8. The third-order valence-electron chi connectivity index (χ3n) is 7.17. The molecule has 10 nitrogen and oxygen atoms in total. The van der Waals surface area contributed by atoms with E-state index in [2.05, 4.69) is 18.9 Å². The van der Waals surface area contributed by atoms with Crippen molar-refractivity contribution in [3.05, 3.63) is 71.8 Å². The summed E-state index contributed by atoms with van der Waals surface area (Å²) in [5.74, 6) is -46.4. The largest absolute Gasteiger partial charge is 0.465 e. The summed E-state index contributed by atoms with van der Waals surface area (Å²) in [4.78, 5) is 79.3. The number of rotatable bonds is 17. The Morgan fingerprint density at radius 1 is 0.440 bits per heavy atom. The third kappa shape index (κ3) is 6.30. The number of hydrogen-bond acceptors (Lipinski definition) is 10. The molecule has 0 radical (unpaired) electrons. The average Bonchev–Trinajstić information content (AvgIpc) is 3.06. The van der Waals surface area contributed by atoms with Crippen LogP contribution in [0.3, 0.4) is 0 Å². The van der Waals surface area contributed by atoms with Gasteiger partial charge in [0.1, 0.15) is 0 Å². The smallest absolute Gasteiger partial charge is 0.386 e. The first-order chi connectivity index (χ1) is 23.2. The third-order valence-corrected chi connectivity index (χ3v) is 7.17. The molecule has 2 aromatic carbocycles. The SMILES string of the molecule is CCOC(=O)C(C(=O)OCC)(C(=O)C(F)(F)C(F)(F)C(F)(F)C(F)(F)C(=O)C(C(=O)OCC)(C(=O)OCC)c1ccccc1)c1ccccc1. The maximum absolute atomic E-state index is 15.8. The van der Waals surface area contributed by atoms with E-state index < -0.39 is 108 Å². The molecule has 0 saturated carbocycles. The summed E-state index contributed by atoms with van der Waals surface area (Å²) in [6.45, 7) is 0.820. The minimum absolute atomic E-state index is 0.586. The number of hydrogen-bond donors (Lipinski definition) is 0. The van der Waals surface area contributed by atoms with Crippen LogP contribution in [0.1, 0.15) is 38.8 Å². The predicted molar refractivity (Wildman–Crippen MR) is 153 cm³/mol. The molecule has 0 aliphatic carbocycles. The van der Waals surface area contributed by atoms with Crippen molar-refractivity contribution in [3.8, 4) is 0 Å². The molecule has 0 N–H and O–H groups in total. The number of carbonyl (C=O) groups is 6. The Morgan fingerprint density at radius 2 is 0.660 bits per heavy atom. The Kier molecular flexibility index (Phi) is 12.7. The highest BCUT2D eigenvalue weighted by atomic mass is 19.4. The van der Waals surface area contributed by atoms with Crippen LogP contribution in [-0.4, -0.2) is 85.6 Å². The molecule has 50 heavy (non-hydrogen) atoms. The van der Waals surface area contributed by atoms with Gasteiger partial charge in [0.25, 0.3) is 10.8 Å². The van der Waals surface area contributed by atoms with E-state index >= 15 is 35.1 Å². The fourth-order valence-corrected chi connectivity index (χ4v) is 4.76. The lowest BCUT2D eigenvalue weighted by molar-refractivity contribution is -0.348. The minimum atomic E-state index is -7.69. The first kappa shape index (κ1) is 41.3. The van der Waals surface area contributed by atoms with E-state index in [-0.39, 0.29) is 0 Å². The van der Waals surface area contributed by atoms with E-state index in [4.69, 9.17) is 0 Å². The van der Waals surface area contributed by atoms with Crippen LogP contribution in [0.25, 0.3) is 0 Å².